The zero-order chi connectivity index (χ0) is 21.8. The summed E-state index contributed by atoms with van der Waals surface area (Å²) in [6.45, 7) is 0.989. The lowest BCUT2D eigenvalue weighted by Crippen LogP contribution is -2.06. The van der Waals surface area contributed by atoms with E-state index in [0.29, 0.717) is 28.6 Å². The highest BCUT2D eigenvalue weighted by molar-refractivity contribution is 5.93. The lowest BCUT2D eigenvalue weighted by atomic mass is 10.2. The number of aromatic nitrogens is 3. The molecule has 31 heavy (non-hydrogen) atoms. The molecule has 0 spiro atoms. The van der Waals surface area contributed by atoms with Gasteiger partial charge in [0.15, 0.2) is 5.82 Å². The number of hydrogen-bond acceptors (Lipinski definition) is 6. The van der Waals surface area contributed by atoms with Crippen molar-refractivity contribution in [2.24, 2.45) is 0 Å². The van der Waals surface area contributed by atoms with Crippen LogP contribution in [0.2, 0.25) is 0 Å². The summed E-state index contributed by atoms with van der Waals surface area (Å²) in [5.41, 5.74) is 2.00. The van der Waals surface area contributed by atoms with E-state index < -0.39 is 6.61 Å². The average molecular weight is 422 g/mol. The van der Waals surface area contributed by atoms with Gasteiger partial charge in [-0.3, -0.25) is 4.98 Å². The van der Waals surface area contributed by atoms with Crippen molar-refractivity contribution < 1.29 is 18.3 Å². The molecule has 4 aromatic rings. The van der Waals surface area contributed by atoms with Crippen LogP contribution >= 0.6 is 0 Å². The van der Waals surface area contributed by atoms with Crippen molar-refractivity contribution in [3.8, 4) is 22.9 Å². The largest absolute Gasteiger partial charge is 0.491 e. The molecular weight excluding hydrogens is 402 g/mol. The second-order valence-electron chi connectivity index (χ2n) is 7.01. The molecule has 2 aromatic carbocycles. The number of benzene rings is 2. The molecular formula is C23H20F2N4O2. The van der Waals surface area contributed by atoms with Gasteiger partial charge in [0, 0.05) is 35.1 Å². The highest BCUT2D eigenvalue weighted by atomic mass is 19.3. The maximum absolute atomic E-state index is 12.6. The van der Waals surface area contributed by atoms with Crippen LogP contribution in [0.3, 0.4) is 0 Å². The minimum Gasteiger partial charge on any atom is -0.491 e. The number of fused-ring (bicyclic) bond motifs is 1. The fourth-order valence-electron chi connectivity index (χ4n) is 3.06. The molecule has 158 valence electrons. The predicted molar refractivity (Wildman–Crippen MR) is 115 cm³/mol. The van der Waals surface area contributed by atoms with Gasteiger partial charge in [0.2, 0.25) is 0 Å². The molecule has 0 atom stereocenters. The van der Waals surface area contributed by atoms with Gasteiger partial charge < -0.3 is 14.8 Å². The Morgan fingerprint density at radius 2 is 1.74 bits per heavy atom. The molecule has 0 unspecified atom stereocenters. The molecule has 0 saturated carbocycles. The number of nitrogens with zero attached hydrogens (tertiary/aromatic N) is 3. The first-order chi connectivity index (χ1) is 15.0. The Hall–Kier alpha value is -3.81. The maximum Gasteiger partial charge on any atom is 0.387 e. The number of hydrogen-bond donors (Lipinski definition) is 1. The number of pyridine rings is 1. The zero-order valence-electron chi connectivity index (χ0n) is 16.9. The van der Waals surface area contributed by atoms with E-state index in [1.54, 1.807) is 30.6 Å². The minimum atomic E-state index is -2.90. The SMILES string of the molecule is CC(C)Oc1ccc2nc(-c3cccnc3)nc(Nc3cccc(OC(F)F)c3)c2c1. The highest BCUT2D eigenvalue weighted by Crippen LogP contribution is 2.31. The van der Waals surface area contributed by atoms with E-state index in [0.717, 1.165) is 10.9 Å². The molecule has 2 aromatic heterocycles. The zero-order valence-corrected chi connectivity index (χ0v) is 16.9. The molecule has 0 aliphatic heterocycles. The molecule has 1 N–H and O–H groups in total. The molecule has 4 rings (SSSR count). The maximum atomic E-state index is 12.6. The van der Waals surface area contributed by atoms with Gasteiger partial charge in [0.25, 0.3) is 0 Å². The third-order valence-corrected chi connectivity index (χ3v) is 4.28. The Kier molecular flexibility index (Phi) is 5.88. The van der Waals surface area contributed by atoms with Gasteiger partial charge in [0.05, 0.1) is 11.6 Å². The first-order valence-electron chi connectivity index (χ1n) is 9.69. The van der Waals surface area contributed by atoms with Gasteiger partial charge in [-0.1, -0.05) is 6.07 Å². The summed E-state index contributed by atoms with van der Waals surface area (Å²) < 4.78 is 35.5. The quantitative estimate of drug-likeness (QED) is 0.404. The topological polar surface area (TPSA) is 69.2 Å². The summed E-state index contributed by atoms with van der Waals surface area (Å²) in [6, 6.07) is 15.5. The smallest absolute Gasteiger partial charge is 0.387 e. The molecule has 0 amide bonds. The molecule has 8 heteroatoms. The van der Waals surface area contributed by atoms with Gasteiger partial charge in [-0.05, 0) is 56.3 Å². The van der Waals surface area contributed by atoms with E-state index in [1.807, 2.05) is 38.1 Å². The van der Waals surface area contributed by atoms with Crippen LogP contribution in [-0.4, -0.2) is 27.7 Å². The summed E-state index contributed by atoms with van der Waals surface area (Å²) in [4.78, 5) is 13.5. The second kappa shape index (κ2) is 8.91. The molecule has 6 nitrogen and oxygen atoms in total. The molecule has 0 radical (unpaired) electrons. The molecule has 2 heterocycles. The van der Waals surface area contributed by atoms with Gasteiger partial charge in [-0.15, -0.1) is 0 Å². The van der Waals surface area contributed by atoms with E-state index in [2.05, 4.69) is 25.0 Å². The molecule has 0 saturated heterocycles. The lowest BCUT2D eigenvalue weighted by Gasteiger charge is -2.14. The van der Waals surface area contributed by atoms with Gasteiger partial charge in [0.1, 0.15) is 17.3 Å². The molecule has 0 aliphatic carbocycles. The van der Waals surface area contributed by atoms with Crippen LogP contribution in [0.25, 0.3) is 22.3 Å². The number of halogens is 2. The Bertz CT molecular complexity index is 1190. The number of alkyl halides is 2. The fourth-order valence-corrected chi connectivity index (χ4v) is 3.06. The standard InChI is InChI=1S/C23H20F2N4O2/c1-14(2)30-18-8-9-20-19(12-18)22(29-21(28-20)15-5-4-10-26-13-15)27-16-6-3-7-17(11-16)31-23(24)25/h3-14,23H,1-2H3,(H,27,28,29). The average Bonchev–Trinajstić information content (AvgIpc) is 2.74. The van der Waals surface area contributed by atoms with Gasteiger partial charge >= 0.3 is 6.61 Å². The van der Waals surface area contributed by atoms with Crippen LogP contribution in [0.4, 0.5) is 20.3 Å². The van der Waals surface area contributed by atoms with Crippen molar-refractivity contribution in [3.05, 3.63) is 67.0 Å². The fraction of sp³-hybridized carbons (Fsp3) is 0.174. The molecule has 0 bridgehead atoms. The van der Waals surface area contributed by atoms with E-state index >= 15 is 0 Å². The third-order valence-electron chi connectivity index (χ3n) is 4.28. The second-order valence-corrected chi connectivity index (χ2v) is 7.01. The number of ether oxygens (including phenoxy) is 2. The van der Waals surface area contributed by atoms with Crippen LogP contribution in [0.1, 0.15) is 13.8 Å². The van der Waals surface area contributed by atoms with Crippen LogP contribution in [0.15, 0.2) is 67.0 Å². The van der Waals surface area contributed by atoms with Crippen molar-refractivity contribution in [2.75, 3.05) is 5.32 Å². The van der Waals surface area contributed by atoms with E-state index in [4.69, 9.17) is 4.74 Å². The Morgan fingerprint density at radius 1 is 0.903 bits per heavy atom. The van der Waals surface area contributed by atoms with Crippen molar-refractivity contribution in [1.82, 2.24) is 15.0 Å². The monoisotopic (exact) mass is 422 g/mol. The van der Waals surface area contributed by atoms with Crippen molar-refractivity contribution in [2.45, 2.75) is 26.6 Å². The third kappa shape index (κ3) is 5.03. The van der Waals surface area contributed by atoms with Crippen molar-refractivity contribution >= 4 is 22.4 Å². The number of anilines is 2. The Morgan fingerprint density at radius 3 is 2.48 bits per heavy atom. The first-order valence-corrected chi connectivity index (χ1v) is 9.69. The van der Waals surface area contributed by atoms with E-state index in [1.165, 1.54) is 12.1 Å². The highest BCUT2D eigenvalue weighted by Gasteiger charge is 2.13. The van der Waals surface area contributed by atoms with Crippen LogP contribution < -0.4 is 14.8 Å². The molecule has 0 aliphatic rings. The normalized spacial score (nSPS) is 11.2. The van der Waals surface area contributed by atoms with E-state index in [9.17, 15) is 8.78 Å². The van der Waals surface area contributed by atoms with Crippen molar-refractivity contribution in [3.63, 3.8) is 0 Å². The van der Waals surface area contributed by atoms with Gasteiger partial charge in [-0.25, -0.2) is 9.97 Å². The summed E-state index contributed by atoms with van der Waals surface area (Å²) in [5, 5.41) is 3.93. The number of rotatable bonds is 7. The summed E-state index contributed by atoms with van der Waals surface area (Å²) in [7, 11) is 0. The van der Waals surface area contributed by atoms with E-state index in [-0.39, 0.29) is 11.9 Å². The summed E-state index contributed by atoms with van der Waals surface area (Å²) in [6.07, 6.45) is 3.36. The Balaban J connectivity index is 1.80. The number of nitrogens with one attached hydrogen (secondary N) is 1. The summed E-state index contributed by atoms with van der Waals surface area (Å²) >= 11 is 0. The predicted octanol–water partition coefficient (Wildman–Crippen LogP) is 5.82. The van der Waals surface area contributed by atoms with Crippen LogP contribution in [-0.2, 0) is 0 Å². The van der Waals surface area contributed by atoms with Gasteiger partial charge in [-0.2, -0.15) is 8.78 Å². The van der Waals surface area contributed by atoms with Crippen LogP contribution in [0, 0.1) is 0 Å². The summed E-state index contributed by atoms with van der Waals surface area (Å²) in [5.74, 6) is 1.72. The van der Waals surface area contributed by atoms with Crippen molar-refractivity contribution in [1.29, 1.82) is 0 Å². The Labute approximate surface area is 177 Å². The first kappa shape index (κ1) is 20.5. The molecule has 0 fully saturated rings. The lowest BCUT2D eigenvalue weighted by molar-refractivity contribution is -0.0498. The van der Waals surface area contributed by atoms with Crippen LogP contribution in [0.5, 0.6) is 11.5 Å². The minimum absolute atomic E-state index is 0.00706.